The van der Waals surface area contributed by atoms with Crippen molar-refractivity contribution in [2.75, 3.05) is 35.6 Å². The number of anilines is 3. The summed E-state index contributed by atoms with van der Waals surface area (Å²) in [7, 11) is 0. The van der Waals surface area contributed by atoms with Crippen molar-refractivity contribution in [3.8, 4) is 0 Å². The summed E-state index contributed by atoms with van der Waals surface area (Å²) in [6.45, 7) is 7.10. The molecule has 5 rings (SSSR count). The fraction of sp³-hybridized carbons (Fsp3) is 0.345. The number of hydrogen-bond donors (Lipinski definition) is 3. The number of carbonyl (C=O) groups is 1. The van der Waals surface area contributed by atoms with E-state index in [9.17, 15) is 4.79 Å². The first-order valence-electron chi connectivity index (χ1n) is 13.1. The van der Waals surface area contributed by atoms with E-state index in [0.29, 0.717) is 19.0 Å². The molecule has 1 amide bonds. The summed E-state index contributed by atoms with van der Waals surface area (Å²) in [6, 6.07) is 22.2. The second kappa shape index (κ2) is 11.4. The monoisotopic (exact) mass is 497 g/mol. The summed E-state index contributed by atoms with van der Waals surface area (Å²) in [5.74, 6) is 2.05. The van der Waals surface area contributed by atoms with Crippen molar-refractivity contribution >= 4 is 28.9 Å². The number of hydrogen-bond acceptors (Lipinski definition) is 6. The van der Waals surface area contributed by atoms with Crippen molar-refractivity contribution in [2.24, 2.45) is 0 Å². The Balaban J connectivity index is 1.30. The van der Waals surface area contributed by atoms with Gasteiger partial charge in [-0.1, -0.05) is 62.4 Å². The number of benzene rings is 2. The van der Waals surface area contributed by atoms with Crippen LogP contribution < -0.4 is 16.0 Å². The first-order valence-corrected chi connectivity index (χ1v) is 13.1. The van der Waals surface area contributed by atoms with E-state index < -0.39 is 0 Å². The molecule has 37 heavy (non-hydrogen) atoms. The van der Waals surface area contributed by atoms with E-state index in [-0.39, 0.29) is 11.9 Å². The van der Waals surface area contributed by atoms with Crippen molar-refractivity contribution in [1.29, 1.82) is 0 Å². The third kappa shape index (κ3) is 6.27. The molecule has 1 saturated heterocycles. The first kappa shape index (κ1) is 24.8. The zero-order valence-corrected chi connectivity index (χ0v) is 21.5. The number of carbonyl (C=O) groups excluding carboxylic acids is 1. The average Bonchev–Trinajstić information content (AvgIpc) is 3.34. The zero-order chi connectivity index (χ0) is 25.6. The Morgan fingerprint density at radius 1 is 1.08 bits per heavy atom. The minimum Gasteiger partial charge on any atom is -0.366 e. The predicted molar refractivity (Wildman–Crippen MR) is 149 cm³/mol. The third-order valence-corrected chi connectivity index (χ3v) is 6.72. The van der Waals surface area contributed by atoms with Crippen LogP contribution in [0.15, 0.2) is 72.9 Å². The number of nitrogens with zero attached hydrogens (tertiary/aromatic N) is 4. The van der Waals surface area contributed by atoms with Gasteiger partial charge in [-0.3, -0.25) is 9.69 Å². The quantitative estimate of drug-likeness (QED) is 0.302. The Hall–Kier alpha value is -3.91. The number of fused-ring (bicyclic) bond motifs is 1. The van der Waals surface area contributed by atoms with Gasteiger partial charge in [-0.05, 0) is 43.0 Å². The molecular weight excluding hydrogens is 462 g/mol. The van der Waals surface area contributed by atoms with Crippen molar-refractivity contribution < 1.29 is 4.79 Å². The van der Waals surface area contributed by atoms with Crippen LogP contribution in [0.4, 0.5) is 17.3 Å². The highest BCUT2D eigenvalue weighted by Crippen LogP contribution is 2.26. The fourth-order valence-corrected chi connectivity index (χ4v) is 4.82. The Labute approximate surface area is 218 Å². The normalized spacial score (nSPS) is 16.1. The number of amides is 1. The summed E-state index contributed by atoms with van der Waals surface area (Å²) in [6.07, 6.45) is 3.98. The molecule has 8 heteroatoms. The summed E-state index contributed by atoms with van der Waals surface area (Å²) in [4.78, 5) is 19.7. The lowest BCUT2D eigenvalue weighted by Gasteiger charge is -2.33. The lowest BCUT2D eigenvalue weighted by Crippen LogP contribution is -2.45. The molecule has 3 N–H and O–H groups in total. The van der Waals surface area contributed by atoms with E-state index in [2.05, 4.69) is 51.9 Å². The molecule has 0 radical (unpaired) electrons. The zero-order valence-electron chi connectivity index (χ0n) is 21.5. The maximum Gasteiger partial charge on any atom is 0.238 e. The van der Waals surface area contributed by atoms with E-state index in [1.54, 1.807) is 0 Å². The lowest BCUT2D eigenvalue weighted by atomic mass is 10.1. The molecule has 0 unspecified atom stereocenters. The minimum atomic E-state index is 0.0131. The number of piperidine rings is 1. The molecule has 0 bridgehead atoms. The summed E-state index contributed by atoms with van der Waals surface area (Å²) >= 11 is 0. The van der Waals surface area contributed by atoms with Crippen LogP contribution in [0, 0.1) is 0 Å². The van der Waals surface area contributed by atoms with E-state index in [1.165, 1.54) is 5.56 Å². The van der Waals surface area contributed by atoms with Crippen molar-refractivity contribution in [3.63, 3.8) is 0 Å². The minimum absolute atomic E-state index is 0.0131. The van der Waals surface area contributed by atoms with Gasteiger partial charge in [-0.25, -0.2) is 4.98 Å². The van der Waals surface area contributed by atoms with Gasteiger partial charge in [0.1, 0.15) is 11.6 Å². The van der Waals surface area contributed by atoms with E-state index in [1.807, 2.05) is 65.3 Å². The molecule has 2 aromatic carbocycles. The number of aromatic nitrogens is 3. The molecule has 0 saturated carbocycles. The van der Waals surface area contributed by atoms with Crippen LogP contribution in [0.2, 0.25) is 0 Å². The maximum atomic E-state index is 12.6. The SMILES string of the molecule is CC(C)c1cnn2c(N[C@@H]3CCCN(CC(=O)Nc4ccccc4)C3)cc(NCc3ccccc3)nc12. The lowest BCUT2D eigenvalue weighted by molar-refractivity contribution is -0.117. The van der Waals surface area contributed by atoms with Crippen LogP contribution in [0.1, 0.15) is 43.7 Å². The molecule has 1 aliphatic rings. The van der Waals surface area contributed by atoms with Gasteiger partial charge in [0.2, 0.25) is 5.91 Å². The summed E-state index contributed by atoms with van der Waals surface area (Å²) in [5, 5.41) is 14.9. The number of para-hydroxylation sites is 1. The predicted octanol–water partition coefficient (Wildman–Crippen LogP) is 4.98. The first-order chi connectivity index (χ1) is 18.0. The van der Waals surface area contributed by atoms with Gasteiger partial charge >= 0.3 is 0 Å². The standard InChI is InChI=1S/C29H35N7O/c1-21(2)25-18-31-36-27(16-26(34-29(25)36)30-17-22-10-5-3-6-11-22)32-24-14-9-15-35(19-24)20-28(37)33-23-12-7-4-8-13-23/h3-8,10-13,16,18,21,24,32H,9,14-15,17,19-20H2,1-2H3,(H,30,34)(H,33,37)/t24-/m1/s1. The molecule has 4 aromatic rings. The van der Waals surface area contributed by atoms with Gasteiger partial charge in [-0.2, -0.15) is 9.61 Å². The smallest absolute Gasteiger partial charge is 0.238 e. The number of likely N-dealkylation sites (tertiary alicyclic amines) is 1. The van der Waals surface area contributed by atoms with Crippen LogP contribution in [-0.4, -0.2) is 51.1 Å². The molecule has 3 heterocycles. The molecule has 1 fully saturated rings. The molecule has 8 nitrogen and oxygen atoms in total. The molecule has 2 aromatic heterocycles. The summed E-state index contributed by atoms with van der Waals surface area (Å²) in [5.41, 5.74) is 4.02. The van der Waals surface area contributed by atoms with E-state index in [4.69, 9.17) is 4.98 Å². The van der Waals surface area contributed by atoms with Crippen LogP contribution >= 0.6 is 0 Å². The van der Waals surface area contributed by atoms with Crippen LogP contribution in [0.3, 0.4) is 0 Å². The highest BCUT2D eigenvalue weighted by Gasteiger charge is 2.23. The largest absolute Gasteiger partial charge is 0.366 e. The molecule has 1 aliphatic heterocycles. The van der Waals surface area contributed by atoms with Crippen molar-refractivity contribution in [2.45, 2.75) is 45.2 Å². The van der Waals surface area contributed by atoms with Gasteiger partial charge in [-0.15, -0.1) is 0 Å². The third-order valence-electron chi connectivity index (χ3n) is 6.72. The Bertz CT molecular complexity index is 1320. The topological polar surface area (TPSA) is 86.6 Å². The highest BCUT2D eigenvalue weighted by molar-refractivity contribution is 5.92. The van der Waals surface area contributed by atoms with Gasteiger partial charge < -0.3 is 16.0 Å². The van der Waals surface area contributed by atoms with Gasteiger partial charge in [0.05, 0.1) is 12.7 Å². The van der Waals surface area contributed by atoms with Gasteiger partial charge in [0.15, 0.2) is 5.65 Å². The van der Waals surface area contributed by atoms with Crippen molar-refractivity contribution in [1.82, 2.24) is 19.5 Å². The molecule has 1 atom stereocenters. The maximum absolute atomic E-state index is 12.6. The van der Waals surface area contributed by atoms with Gasteiger partial charge in [0, 0.05) is 36.4 Å². The Morgan fingerprint density at radius 3 is 2.59 bits per heavy atom. The fourth-order valence-electron chi connectivity index (χ4n) is 4.82. The highest BCUT2D eigenvalue weighted by atomic mass is 16.2. The molecule has 0 aliphatic carbocycles. The van der Waals surface area contributed by atoms with Crippen LogP contribution in [-0.2, 0) is 11.3 Å². The van der Waals surface area contributed by atoms with Crippen LogP contribution in [0.25, 0.3) is 5.65 Å². The Kier molecular flexibility index (Phi) is 7.65. The van der Waals surface area contributed by atoms with Crippen molar-refractivity contribution in [3.05, 3.63) is 84.1 Å². The number of rotatable bonds is 9. The second-order valence-electron chi connectivity index (χ2n) is 9.99. The van der Waals surface area contributed by atoms with Gasteiger partial charge in [0.25, 0.3) is 0 Å². The number of nitrogens with one attached hydrogen (secondary N) is 3. The molecular formula is C29H35N7O. The molecule has 0 spiro atoms. The molecule has 192 valence electrons. The Morgan fingerprint density at radius 2 is 1.84 bits per heavy atom. The van der Waals surface area contributed by atoms with E-state index >= 15 is 0 Å². The van der Waals surface area contributed by atoms with Crippen LogP contribution in [0.5, 0.6) is 0 Å². The average molecular weight is 498 g/mol. The summed E-state index contributed by atoms with van der Waals surface area (Å²) < 4.78 is 1.91. The second-order valence-corrected chi connectivity index (χ2v) is 9.99. The van der Waals surface area contributed by atoms with E-state index in [0.717, 1.165) is 54.5 Å².